The van der Waals surface area contributed by atoms with E-state index in [9.17, 15) is 9.59 Å². The van der Waals surface area contributed by atoms with Gasteiger partial charge in [-0.15, -0.1) is 0 Å². The maximum Gasteiger partial charge on any atom is 0.306 e. The zero-order valence-electron chi connectivity index (χ0n) is 10.8. The average Bonchev–Trinajstić information content (AvgIpc) is 2.33. The molecular weight excluding hydrogens is 314 g/mol. The van der Waals surface area contributed by atoms with Crippen LogP contribution in [0.5, 0.6) is 0 Å². The Balaban J connectivity index is 2.61. The van der Waals surface area contributed by atoms with Gasteiger partial charge in [0.1, 0.15) is 0 Å². The molecule has 0 aliphatic carbocycles. The highest BCUT2D eigenvalue weighted by Crippen LogP contribution is 2.18. The Morgan fingerprint density at radius 1 is 1.47 bits per heavy atom. The molecule has 104 valence electrons. The van der Waals surface area contributed by atoms with Crippen LogP contribution in [0.15, 0.2) is 22.7 Å². The minimum atomic E-state index is -0.961. The van der Waals surface area contributed by atoms with Gasteiger partial charge in [-0.1, -0.05) is 6.07 Å². The first kappa shape index (κ1) is 15.7. The fraction of sp³-hybridized carbons (Fsp3) is 0.385. The molecule has 1 aromatic rings. The molecule has 0 spiro atoms. The summed E-state index contributed by atoms with van der Waals surface area (Å²) in [6, 6.07) is 5.40. The van der Waals surface area contributed by atoms with E-state index in [0.717, 1.165) is 5.56 Å². The van der Waals surface area contributed by atoms with E-state index in [4.69, 9.17) is 9.84 Å². The van der Waals surface area contributed by atoms with Gasteiger partial charge < -0.3 is 15.2 Å². The monoisotopic (exact) mass is 329 g/mol. The second-order valence-electron chi connectivity index (χ2n) is 4.15. The Hall–Kier alpha value is -1.40. The van der Waals surface area contributed by atoms with Gasteiger partial charge in [-0.05, 0) is 40.5 Å². The quantitative estimate of drug-likeness (QED) is 0.836. The third kappa shape index (κ3) is 5.00. The van der Waals surface area contributed by atoms with Crippen molar-refractivity contribution in [2.45, 2.75) is 19.4 Å². The number of carboxylic acid groups (broad SMARTS) is 1. The lowest BCUT2D eigenvalue weighted by molar-refractivity contribution is -0.139. The Morgan fingerprint density at radius 3 is 2.68 bits per heavy atom. The van der Waals surface area contributed by atoms with E-state index in [0.29, 0.717) is 10.0 Å². The summed E-state index contributed by atoms with van der Waals surface area (Å²) in [7, 11) is 1.42. The van der Waals surface area contributed by atoms with Gasteiger partial charge in [0.05, 0.1) is 18.1 Å². The van der Waals surface area contributed by atoms with Gasteiger partial charge in [-0.25, -0.2) is 0 Å². The van der Waals surface area contributed by atoms with Crippen LogP contribution in [0.3, 0.4) is 0 Å². The Bertz CT molecular complexity index is 476. The maximum atomic E-state index is 11.9. The van der Waals surface area contributed by atoms with Crippen LogP contribution < -0.4 is 5.32 Å². The van der Waals surface area contributed by atoms with Gasteiger partial charge >= 0.3 is 5.97 Å². The molecule has 1 unspecified atom stereocenters. The molecule has 1 amide bonds. The molecule has 0 aromatic heterocycles. The fourth-order valence-corrected chi connectivity index (χ4v) is 2.21. The SMILES string of the molecule is COC(CNC(=O)c1ccc(C)cc1Br)CC(=O)O. The molecule has 1 atom stereocenters. The summed E-state index contributed by atoms with van der Waals surface area (Å²) in [6.07, 6.45) is -0.683. The highest BCUT2D eigenvalue weighted by Gasteiger charge is 2.15. The standard InChI is InChI=1S/C13H16BrNO4/c1-8-3-4-10(11(14)5-8)13(18)15-7-9(19-2)6-12(16)17/h3-5,9H,6-7H2,1-2H3,(H,15,18)(H,16,17). The van der Waals surface area contributed by atoms with E-state index < -0.39 is 12.1 Å². The zero-order valence-corrected chi connectivity index (χ0v) is 12.4. The number of methoxy groups -OCH3 is 1. The number of hydrogen-bond donors (Lipinski definition) is 2. The van der Waals surface area contributed by atoms with Crippen molar-refractivity contribution < 1.29 is 19.4 Å². The van der Waals surface area contributed by atoms with Gasteiger partial charge in [0, 0.05) is 18.1 Å². The lowest BCUT2D eigenvalue weighted by Gasteiger charge is -2.14. The van der Waals surface area contributed by atoms with Gasteiger partial charge in [0.2, 0.25) is 0 Å². The first-order chi connectivity index (χ1) is 8.93. The molecule has 0 bridgehead atoms. The summed E-state index contributed by atoms with van der Waals surface area (Å²) in [5, 5.41) is 11.3. The van der Waals surface area contributed by atoms with Crippen LogP contribution in [0.1, 0.15) is 22.3 Å². The number of amides is 1. The van der Waals surface area contributed by atoms with Crippen LogP contribution in [-0.4, -0.2) is 36.7 Å². The number of carbonyl (C=O) groups excluding carboxylic acids is 1. The minimum absolute atomic E-state index is 0.147. The average molecular weight is 330 g/mol. The summed E-state index contributed by atoms with van der Waals surface area (Å²) >= 11 is 3.33. The number of benzene rings is 1. The third-order valence-electron chi connectivity index (χ3n) is 2.60. The summed E-state index contributed by atoms with van der Waals surface area (Å²) in [5.41, 5.74) is 1.56. The molecule has 19 heavy (non-hydrogen) atoms. The lowest BCUT2D eigenvalue weighted by atomic mass is 10.1. The summed E-state index contributed by atoms with van der Waals surface area (Å²) in [6.45, 7) is 2.09. The van der Waals surface area contributed by atoms with Gasteiger partial charge in [0.15, 0.2) is 0 Å². The molecule has 0 aliphatic rings. The van der Waals surface area contributed by atoms with E-state index in [1.54, 1.807) is 6.07 Å². The minimum Gasteiger partial charge on any atom is -0.481 e. The topological polar surface area (TPSA) is 75.6 Å². The summed E-state index contributed by atoms with van der Waals surface area (Å²) < 4.78 is 5.70. The molecular formula is C13H16BrNO4. The Labute approximate surface area is 120 Å². The third-order valence-corrected chi connectivity index (χ3v) is 3.25. The van der Waals surface area contributed by atoms with E-state index >= 15 is 0 Å². The molecule has 0 heterocycles. The maximum absolute atomic E-state index is 11.9. The number of hydrogen-bond acceptors (Lipinski definition) is 3. The predicted molar refractivity (Wildman–Crippen MR) is 74.3 cm³/mol. The Kier molecular flexibility index (Phi) is 5.98. The molecule has 1 aromatic carbocycles. The molecule has 2 N–H and O–H groups in total. The molecule has 5 nitrogen and oxygen atoms in total. The van der Waals surface area contributed by atoms with Crippen LogP contribution >= 0.6 is 15.9 Å². The van der Waals surface area contributed by atoms with Crippen molar-refractivity contribution in [3.63, 3.8) is 0 Å². The van der Waals surface area contributed by atoms with Crippen molar-refractivity contribution in [2.75, 3.05) is 13.7 Å². The highest BCUT2D eigenvalue weighted by molar-refractivity contribution is 9.10. The molecule has 0 saturated carbocycles. The molecule has 0 saturated heterocycles. The normalized spacial score (nSPS) is 11.9. The summed E-state index contributed by atoms with van der Waals surface area (Å²) in [4.78, 5) is 22.5. The van der Waals surface area contributed by atoms with Crippen molar-refractivity contribution in [1.29, 1.82) is 0 Å². The zero-order chi connectivity index (χ0) is 14.4. The predicted octanol–water partition coefficient (Wildman–Crippen LogP) is 1.98. The van der Waals surface area contributed by atoms with Crippen molar-refractivity contribution in [2.24, 2.45) is 0 Å². The van der Waals surface area contributed by atoms with Crippen molar-refractivity contribution in [3.05, 3.63) is 33.8 Å². The first-order valence-corrected chi connectivity index (χ1v) is 6.52. The number of aryl methyl sites for hydroxylation is 1. The van der Waals surface area contributed by atoms with Crippen LogP contribution in [-0.2, 0) is 9.53 Å². The van der Waals surface area contributed by atoms with Gasteiger partial charge in [-0.2, -0.15) is 0 Å². The molecule has 0 radical (unpaired) electrons. The number of aliphatic carboxylic acids is 1. The number of ether oxygens (including phenoxy) is 1. The number of carbonyl (C=O) groups is 2. The summed E-state index contributed by atoms with van der Waals surface area (Å²) in [5.74, 6) is -1.23. The second-order valence-corrected chi connectivity index (χ2v) is 5.00. The second kappa shape index (κ2) is 7.25. The van der Waals surface area contributed by atoms with Gasteiger partial charge in [0.25, 0.3) is 5.91 Å². The smallest absolute Gasteiger partial charge is 0.306 e. The van der Waals surface area contributed by atoms with Crippen LogP contribution in [0.2, 0.25) is 0 Å². The van der Waals surface area contributed by atoms with Crippen molar-refractivity contribution >= 4 is 27.8 Å². The van der Waals surface area contributed by atoms with Crippen LogP contribution in [0.25, 0.3) is 0 Å². The van der Waals surface area contributed by atoms with Crippen molar-refractivity contribution in [3.8, 4) is 0 Å². The first-order valence-electron chi connectivity index (χ1n) is 5.73. The number of halogens is 1. The van der Waals surface area contributed by atoms with Crippen LogP contribution in [0, 0.1) is 6.92 Å². The molecule has 0 aliphatic heterocycles. The molecule has 6 heteroatoms. The van der Waals surface area contributed by atoms with E-state index in [-0.39, 0.29) is 18.9 Å². The van der Waals surface area contributed by atoms with Crippen LogP contribution in [0.4, 0.5) is 0 Å². The van der Waals surface area contributed by atoms with Gasteiger partial charge in [-0.3, -0.25) is 9.59 Å². The van der Waals surface area contributed by atoms with Crippen molar-refractivity contribution in [1.82, 2.24) is 5.32 Å². The lowest BCUT2D eigenvalue weighted by Crippen LogP contribution is -2.34. The highest BCUT2D eigenvalue weighted by atomic mass is 79.9. The molecule has 1 rings (SSSR count). The largest absolute Gasteiger partial charge is 0.481 e. The van der Waals surface area contributed by atoms with E-state index in [1.165, 1.54) is 7.11 Å². The number of nitrogens with one attached hydrogen (secondary N) is 1. The molecule has 0 fully saturated rings. The van der Waals surface area contributed by atoms with E-state index in [1.807, 2.05) is 19.1 Å². The number of rotatable bonds is 6. The number of carboxylic acids is 1. The fourth-order valence-electron chi connectivity index (χ4n) is 1.54. The van der Waals surface area contributed by atoms with E-state index in [2.05, 4.69) is 21.2 Å². The Morgan fingerprint density at radius 2 is 2.16 bits per heavy atom.